The van der Waals surface area contributed by atoms with Crippen molar-refractivity contribution in [3.8, 4) is 5.75 Å². The topological polar surface area (TPSA) is 72.8 Å². The number of unbranched alkanes of at least 4 members (excludes halogenated alkanes) is 3. The zero-order valence-electron chi connectivity index (χ0n) is 23.3. The van der Waals surface area contributed by atoms with Gasteiger partial charge in [0.15, 0.2) is 0 Å². The van der Waals surface area contributed by atoms with Crippen molar-refractivity contribution in [1.29, 1.82) is 0 Å². The number of carbonyl (C=O) groups is 2. The number of carboxylic acid groups (broad SMARTS) is 1. The predicted molar refractivity (Wildman–Crippen MR) is 147 cm³/mol. The highest BCUT2D eigenvalue weighted by Gasteiger charge is 2.48. The fourth-order valence-electron chi connectivity index (χ4n) is 5.66. The summed E-state index contributed by atoms with van der Waals surface area (Å²) in [6.07, 6.45) is 9.85. The largest absolute Gasteiger partial charge is 0.544 e. The molecule has 0 aromatic heterocycles. The molecule has 2 fully saturated rings. The van der Waals surface area contributed by atoms with Crippen molar-refractivity contribution in [2.24, 2.45) is 11.8 Å². The van der Waals surface area contributed by atoms with E-state index in [1.165, 1.54) is 0 Å². The van der Waals surface area contributed by atoms with Gasteiger partial charge in [-0.15, -0.1) is 0 Å². The van der Waals surface area contributed by atoms with E-state index in [1.54, 1.807) is 0 Å². The van der Waals surface area contributed by atoms with Gasteiger partial charge in [-0.05, 0) is 79.8 Å². The number of hydrogen-bond acceptors (Lipinski definition) is 4. The molecule has 2 aliphatic heterocycles. The molecule has 0 aliphatic carbocycles. The number of benzene rings is 1. The minimum Gasteiger partial charge on any atom is -0.544 e. The number of hydrogen-bond donors (Lipinski definition) is 1. The predicted octanol–water partition coefficient (Wildman–Crippen LogP) is 7.74. The molecule has 0 spiro atoms. The van der Waals surface area contributed by atoms with Gasteiger partial charge in [-0.2, -0.15) is 0 Å². The van der Waals surface area contributed by atoms with Gasteiger partial charge in [-0.1, -0.05) is 59.1 Å². The highest BCUT2D eigenvalue weighted by Crippen LogP contribution is 2.47. The van der Waals surface area contributed by atoms with E-state index < -0.39 is 14.3 Å². The third-order valence-electron chi connectivity index (χ3n) is 9.03. The van der Waals surface area contributed by atoms with Gasteiger partial charge in [0.2, 0.25) is 8.32 Å². The Labute approximate surface area is 219 Å². The van der Waals surface area contributed by atoms with E-state index in [2.05, 4.69) is 46.0 Å². The molecule has 3 rings (SSSR count). The van der Waals surface area contributed by atoms with Crippen LogP contribution in [0.25, 0.3) is 0 Å². The van der Waals surface area contributed by atoms with Crippen molar-refractivity contribution in [2.75, 3.05) is 0 Å². The summed E-state index contributed by atoms with van der Waals surface area (Å²) in [7, 11) is -1.88. The molecule has 2 saturated heterocycles. The highest BCUT2D eigenvalue weighted by molar-refractivity contribution is 6.74. The second kappa shape index (κ2) is 12.3. The fraction of sp³-hybridized carbons (Fsp3) is 0.733. The third-order valence-corrected chi connectivity index (χ3v) is 13.4. The van der Waals surface area contributed by atoms with E-state index in [4.69, 9.17) is 14.3 Å². The average molecular weight is 517 g/mol. The fourth-order valence-corrected chi connectivity index (χ4v) is 6.70. The first-order valence-electron chi connectivity index (χ1n) is 14.1. The smallest absolute Gasteiger partial charge is 0.303 e. The number of aliphatic carboxylic acids is 1. The van der Waals surface area contributed by atoms with Crippen LogP contribution < -0.4 is 4.43 Å². The molecule has 1 aromatic carbocycles. The molecule has 2 heterocycles. The molecule has 1 unspecified atom stereocenters. The van der Waals surface area contributed by atoms with Gasteiger partial charge in [0.05, 0.1) is 12.2 Å². The molecule has 0 amide bonds. The quantitative estimate of drug-likeness (QED) is 0.202. The number of carboxylic acids is 1. The summed E-state index contributed by atoms with van der Waals surface area (Å²) in [5.74, 6) is 1.43. The first-order chi connectivity index (χ1) is 16.9. The zero-order valence-corrected chi connectivity index (χ0v) is 24.3. The molecule has 5 atom stereocenters. The normalized spacial score (nSPS) is 24.6. The monoisotopic (exact) mass is 516 g/mol. The Morgan fingerprint density at radius 1 is 0.972 bits per heavy atom. The van der Waals surface area contributed by atoms with Gasteiger partial charge >= 0.3 is 5.97 Å². The molecular weight excluding hydrogens is 468 g/mol. The van der Waals surface area contributed by atoms with Crippen molar-refractivity contribution < 1.29 is 23.9 Å². The van der Waals surface area contributed by atoms with Crippen molar-refractivity contribution in [1.82, 2.24) is 0 Å². The van der Waals surface area contributed by atoms with Crippen LogP contribution in [-0.2, 0) is 14.3 Å². The maximum atomic E-state index is 13.1. The maximum Gasteiger partial charge on any atom is 0.303 e. The van der Waals surface area contributed by atoms with E-state index in [9.17, 15) is 9.59 Å². The summed E-state index contributed by atoms with van der Waals surface area (Å²) in [4.78, 5) is 23.8. The Morgan fingerprint density at radius 2 is 1.56 bits per heavy atom. The standard InChI is InChI=1S/C30H48O5Si/c1-21(22-13-15-23(16-14-22)35-36(5,6)30(2,3)4)26(31)18-17-25-24(27-19-20-28(25)34-27)11-9-7-8-10-12-29(32)33/h13-16,21,24-25,27-28H,7-12,17-20H2,1-6H3,(H,32,33)/t21?,24-,25+,27-,28+/m0/s1. The summed E-state index contributed by atoms with van der Waals surface area (Å²) >= 11 is 0. The summed E-state index contributed by atoms with van der Waals surface area (Å²) in [6, 6.07) is 8.16. The summed E-state index contributed by atoms with van der Waals surface area (Å²) in [5.41, 5.74) is 1.06. The highest BCUT2D eigenvalue weighted by atomic mass is 28.4. The Hall–Kier alpha value is -1.66. The Bertz CT molecular complexity index is 872. The molecule has 36 heavy (non-hydrogen) atoms. The molecule has 0 saturated carbocycles. The van der Waals surface area contributed by atoms with E-state index in [0.29, 0.717) is 36.2 Å². The maximum absolute atomic E-state index is 13.1. The molecule has 2 aliphatic rings. The van der Waals surface area contributed by atoms with Crippen LogP contribution >= 0.6 is 0 Å². The number of rotatable bonds is 14. The second-order valence-corrected chi connectivity index (χ2v) is 17.3. The Balaban J connectivity index is 1.48. The summed E-state index contributed by atoms with van der Waals surface area (Å²) < 4.78 is 12.7. The summed E-state index contributed by atoms with van der Waals surface area (Å²) in [5, 5.41) is 8.94. The van der Waals surface area contributed by atoms with Crippen LogP contribution in [-0.4, -0.2) is 37.4 Å². The van der Waals surface area contributed by atoms with E-state index in [0.717, 1.165) is 62.7 Å². The van der Waals surface area contributed by atoms with Crippen molar-refractivity contribution >= 4 is 20.1 Å². The number of ketones is 1. The second-order valence-electron chi connectivity index (χ2n) is 12.6. The lowest BCUT2D eigenvalue weighted by atomic mass is 9.74. The van der Waals surface area contributed by atoms with Gasteiger partial charge < -0.3 is 14.3 Å². The van der Waals surface area contributed by atoms with Gasteiger partial charge in [-0.3, -0.25) is 9.59 Å². The van der Waals surface area contributed by atoms with Crippen LogP contribution in [0.3, 0.4) is 0 Å². The van der Waals surface area contributed by atoms with Gasteiger partial charge in [-0.25, -0.2) is 0 Å². The molecule has 6 heteroatoms. The van der Waals surface area contributed by atoms with Crippen molar-refractivity contribution in [3.63, 3.8) is 0 Å². The van der Waals surface area contributed by atoms with Gasteiger partial charge in [0.25, 0.3) is 0 Å². The Kier molecular flexibility index (Phi) is 9.84. The molecule has 1 N–H and O–H groups in total. The first-order valence-corrected chi connectivity index (χ1v) is 17.0. The number of ether oxygens (including phenoxy) is 1. The minimum atomic E-state index is -1.88. The van der Waals surface area contributed by atoms with Gasteiger partial charge in [0, 0.05) is 18.8 Å². The zero-order chi connectivity index (χ0) is 26.5. The molecule has 2 bridgehead atoms. The number of carbonyl (C=O) groups excluding carboxylic acids is 1. The minimum absolute atomic E-state index is 0.112. The van der Waals surface area contributed by atoms with Gasteiger partial charge in [0.1, 0.15) is 11.5 Å². The molecular formula is C30H48O5Si. The van der Waals surface area contributed by atoms with Crippen LogP contribution in [0.15, 0.2) is 24.3 Å². The van der Waals surface area contributed by atoms with E-state index in [-0.39, 0.29) is 17.4 Å². The van der Waals surface area contributed by atoms with E-state index in [1.807, 2.05) is 19.1 Å². The first kappa shape index (κ1) is 28.9. The molecule has 0 radical (unpaired) electrons. The third kappa shape index (κ3) is 7.44. The van der Waals surface area contributed by atoms with Crippen LogP contribution in [0.5, 0.6) is 5.75 Å². The lowest BCUT2D eigenvalue weighted by Gasteiger charge is -2.36. The van der Waals surface area contributed by atoms with Crippen molar-refractivity contribution in [2.45, 2.75) is 128 Å². The van der Waals surface area contributed by atoms with Crippen LogP contribution in [0, 0.1) is 11.8 Å². The molecule has 1 aromatic rings. The average Bonchev–Trinajstić information content (AvgIpc) is 3.40. The number of Topliss-reactive ketones (excluding diaryl/α,β-unsaturated/α-hetero) is 1. The van der Waals surface area contributed by atoms with E-state index >= 15 is 0 Å². The number of fused-ring (bicyclic) bond motifs is 2. The molecule has 202 valence electrons. The SMILES string of the molecule is CC(C(=O)CC[C@@H]1[C@H](CCCCCCC(=O)O)[C@@H]2CC[C@H]1O2)c1ccc(O[Si](C)(C)C(C)(C)C)cc1. The molecule has 5 nitrogen and oxygen atoms in total. The van der Waals surface area contributed by atoms with Crippen LogP contribution in [0.1, 0.15) is 103 Å². The van der Waals surface area contributed by atoms with Crippen LogP contribution in [0.4, 0.5) is 0 Å². The lowest BCUT2D eigenvalue weighted by Crippen LogP contribution is -2.43. The van der Waals surface area contributed by atoms with Crippen molar-refractivity contribution in [3.05, 3.63) is 29.8 Å². The lowest BCUT2D eigenvalue weighted by molar-refractivity contribution is -0.137. The Morgan fingerprint density at radius 3 is 2.14 bits per heavy atom. The summed E-state index contributed by atoms with van der Waals surface area (Å²) in [6.45, 7) is 13.2. The van der Waals surface area contributed by atoms with Crippen LogP contribution in [0.2, 0.25) is 18.1 Å².